The molecule has 0 spiro atoms. The number of halogens is 2. The molecule has 0 aliphatic heterocycles. The Kier molecular flexibility index (Phi) is 3.22. The van der Waals surface area contributed by atoms with Crippen LogP contribution in [0.1, 0.15) is 0 Å². The van der Waals surface area contributed by atoms with E-state index in [4.69, 9.17) is 11.6 Å². The second kappa shape index (κ2) is 4.46. The lowest BCUT2D eigenvalue weighted by Gasteiger charge is -2.02. The third-order valence-electron chi connectivity index (χ3n) is 1.57. The monoisotopic (exact) mass is 305 g/mol. The van der Waals surface area contributed by atoms with Crippen molar-refractivity contribution in [3.05, 3.63) is 22.3 Å². The molecule has 15 heavy (non-hydrogen) atoms. The lowest BCUT2D eigenvalue weighted by molar-refractivity contribution is 0.684. The summed E-state index contributed by atoms with van der Waals surface area (Å²) in [7, 11) is 1.81. The average molecular weight is 307 g/mol. The SMILES string of the molecule is Cn1ncnc1Sc1ncnc(Cl)c1Br. The fraction of sp³-hybridized carbons (Fsp3) is 0.143. The first-order chi connectivity index (χ1) is 7.18. The first-order valence-electron chi connectivity index (χ1n) is 3.86. The van der Waals surface area contributed by atoms with E-state index in [1.54, 1.807) is 4.68 Å². The molecule has 0 bridgehead atoms. The summed E-state index contributed by atoms with van der Waals surface area (Å²) in [6.45, 7) is 0. The highest BCUT2D eigenvalue weighted by atomic mass is 79.9. The summed E-state index contributed by atoms with van der Waals surface area (Å²) < 4.78 is 2.33. The molecule has 2 aromatic heterocycles. The fourth-order valence-corrected chi connectivity index (χ4v) is 2.24. The predicted molar refractivity (Wildman–Crippen MR) is 59.9 cm³/mol. The van der Waals surface area contributed by atoms with Crippen molar-refractivity contribution >= 4 is 39.3 Å². The van der Waals surface area contributed by atoms with E-state index in [0.717, 1.165) is 5.16 Å². The summed E-state index contributed by atoms with van der Waals surface area (Å²) in [5, 5.41) is 5.80. The summed E-state index contributed by atoms with van der Waals surface area (Å²) in [6.07, 6.45) is 2.89. The van der Waals surface area contributed by atoms with Gasteiger partial charge < -0.3 is 0 Å². The van der Waals surface area contributed by atoms with Gasteiger partial charge in [0.05, 0.1) is 4.47 Å². The van der Waals surface area contributed by atoms with Crippen molar-refractivity contribution in [3.63, 3.8) is 0 Å². The Labute approximate surface area is 103 Å². The van der Waals surface area contributed by atoms with Gasteiger partial charge in [-0.1, -0.05) is 11.6 Å². The standard InChI is InChI=1S/C7H5BrClN5S/c1-14-7(12-3-13-14)15-6-4(8)5(9)10-2-11-6/h2-3H,1H3. The summed E-state index contributed by atoms with van der Waals surface area (Å²) in [6, 6.07) is 0. The Morgan fingerprint density at radius 3 is 2.80 bits per heavy atom. The predicted octanol–water partition coefficient (Wildman–Crippen LogP) is 2.17. The molecule has 0 N–H and O–H groups in total. The van der Waals surface area contributed by atoms with Crippen LogP contribution in [0.5, 0.6) is 0 Å². The Balaban J connectivity index is 2.33. The summed E-state index contributed by atoms with van der Waals surface area (Å²) >= 11 is 10.5. The molecule has 8 heteroatoms. The van der Waals surface area contributed by atoms with Crippen molar-refractivity contribution in [3.8, 4) is 0 Å². The van der Waals surface area contributed by atoms with Crippen LogP contribution in [0.15, 0.2) is 27.3 Å². The molecule has 0 saturated carbocycles. The highest BCUT2D eigenvalue weighted by Crippen LogP contribution is 2.32. The van der Waals surface area contributed by atoms with E-state index in [1.165, 1.54) is 24.4 Å². The molecule has 0 aromatic carbocycles. The van der Waals surface area contributed by atoms with Gasteiger partial charge in [0.25, 0.3) is 0 Å². The second-order valence-electron chi connectivity index (χ2n) is 2.55. The van der Waals surface area contributed by atoms with Gasteiger partial charge in [0.15, 0.2) is 5.16 Å². The molecule has 0 unspecified atom stereocenters. The molecule has 2 rings (SSSR count). The zero-order valence-electron chi connectivity index (χ0n) is 7.55. The van der Waals surface area contributed by atoms with Crippen LogP contribution < -0.4 is 0 Å². The number of nitrogens with zero attached hydrogens (tertiary/aromatic N) is 5. The van der Waals surface area contributed by atoms with Gasteiger partial charge in [0.1, 0.15) is 22.8 Å². The van der Waals surface area contributed by atoms with Crippen LogP contribution >= 0.6 is 39.3 Å². The van der Waals surface area contributed by atoms with E-state index in [9.17, 15) is 0 Å². The smallest absolute Gasteiger partial charge is 0.192 e. The molecule has 5 nitrogen and oxygen atoms in total. The maximum Gasteiger partial charge on any atom is 0.192 e. The normalized spacial score (nSPS) is 10.6. The lowest BCUT2D eigenvalue weighted by Crippen LogP contribution is -1.94. The number of hydrogen-bond donors (Lipinski definition) is 0. The Bertz CT molecular complexity index is 488. The average Bonchev–Trinajstić information content (AvgIpc) is 2.60. The van der Waals surface area contributed by atoms with E-state index in [0.29, 0.717) is 14.7 Å². The molecular weight excluding hydrogens is 302 g/mol. The van der Waals surface area contributed by atoms with E-state index in [1.807, 2.05) is 7.05 Å². The minimum absolute atomic E-state index is 0.384. The van der Waals surface area contributed by atoms with Gasteiger partial charge in [-0.05, 0) is 27.7 Å². The van der Waals surface area contributed by atoms with Gasteiger partial charge in [-0.15, -0.1) is 0 Å². The van der Waals surface area contributed by atoms with Crippen molar-refractivity contribution in [1.82, 2.24) is 24.7 Å². The molecular formula is C7H5BrClN5S. The fourth-order valence-electron chi connectivity index (χ4n) is 0.869. The molecule has 0 saturated heterocycles. The van der Waals surface area contributed by atoms with E-state index in [2.05, 4.69) is 36.0 Å². The molecule has 0 aliphatic rings. The Morgan fingerprint density at radius 2 is 2.13 bits per heavy atom. The molecule has 2 aromatic rings. The van der Waals surface area contributed by atoms with Gasteiger partial charge in [0, 0.05) is 7.05 Å². The molecule has 2 heterocycles. The van der Waals surface area contributed by atoms with Crippen molar-refractivity contribution in [1.29, 1.82) is 0 Å². The van der Waals surface area contributed by atoms with Crippen LogP contribution in [0.25, 0.3) is 0 Å². The van der Waals surface area contributed by atoms with Crippen LogP contribution in [-0.4, -0.2) is 24.7 Å². The zero-order valence-corrected chi connectivity index (χ0v) is 10.7. The van der Waals surface area contributed by atoms with Crippen molar-refractivity contribution in [2.45, 2.75) is 10.2 Å². The van der Waals surface area contributed by atoms with Crippen LogP contribution in [-0.2, 0) is 7.05 Å². The highest BCUT2D eigenvalue weighted by molar-refractivity contribution is 9.10. The molecule has 0 atom stereocenters. The van der Waals surface area contributed by atoms with Gasteiger partial charge in [-0.25, -0.2) is 19.6 Å². The topological polar surface area (TPSA) is 56.5 Å². The van der Waals surface area contributed by atoms with E-state index < -0.39 is 0 Å². The van der Waals surface area contributed by atoms with E-state index in [-0.39, 0.29) is 0 Å². The van der Waals surface area contributed by atoms with Crippen LogP contribution in [0, 0.1) is 0 Å². The minimum atomic E-state index is 0.384. The first-order valence-corrected chi connectivity index (χ1v) is 5.85. The third-order valence-corrected chi connectivity index (χ3v) is 4.16. The quantitative estimate of drug-likeness (QED) is 0.796. The Hall–Kier alpha value is -0.660. The maximum absolute atomic E-state index is 5.84. The zero-order chi connectivity index (χ0) is 10.8. The molecule has 78 valence electrons. The van der Waals surface area contributed by atoms with Crippen molar-refractivity contribution in [2.75, 3.05) is 0 Å². The summed E-state index contributed by atoms with van der Waals surface area (Å²) in [5.74, 6) is 0. The highest BCUT2D eigenvalue weighted by Gasteiger charge is 2.11. The number of hydrogen-bond acceptors (Lipinski definition) is 5. The molecule has 0 fully saturated rings. The van der Waals surface area contributed by atoms with Crippen molar-refractivity contribution < 1.29 is 0 Å². The number of aryl methyl sites for hydroxylation is 1. The molecule has 0 amide bonds. The largest absolute Gasteiger partial charge is 0.244 e. The molecule has 0 radical (unpaired) electrons. The van der Waals surface area contributed by atoms with Gasteiger partial charge in [-0.2, -0.15) is 5.10 Å². The third kappa shape index (κ3) is 2.30. The van der Waals surface area contributed by atoms with Crippen molar-refractivity contribution in [2.24, 2.45) is 7.05 Å². The summed E-state index contributed by atoms with van der Waals surface area (Å²) in [4.78, 5) is 12.0. The van der Waals surface area contributed by atoms with Gasteiger partial charge >= 0.3 is 0 Å². The second-order valence-corrected chi connectivity index (χ2v) is 4.66. The van der Waals surface area contributed by atoms with E-state index >= 15 is 0 Å². The van der Waals surface area contributed by atoms with Crippen LogP contribution in [0.4, 0.5) is 0 Å². The lowest BCUT2D eigenvalue weighted by atomic mass is 10.7. The first kappa shape index (κ1) is 10.8. The summed E-state index contributed by atoms with van der Waals surface area (Å²) in [5.41, 5.74) is 0. The Morgan fingerprint density at radius 1 is 1.33 bits per heavy atom. The van der Waals surface area contributed by atoms with Gasteiger partial charge in [0.2, 0.25) is 0 Å². The number of aromatic nitrogens is 5. The number of rotatable bonds is 2. The van der Waals surface area contributed by atoms with Gasteiger partial charge in [-0.3, -0.25) is 0 Å². The van der Waals surface area contributed by atoms with Crippen LogP contribution in [0.3, 0.4) is 0 Å². The maximum atomic E-state index is 5.84. The molecule has 0 aliphatic carbocycles. The van der Waals surface area contributed by atoms with Crippen LogP contribution in [0.2, 0.25) is 5.15 Å². The minimum Gasteiger partial charge on any atom is -0.244 e.